The molecule has 5 nitrogen and oxygen atoms in total. The average molecular weight is 408 g/mol. The van der Waals surface area contributed by atoms with Gasteiger partial charge in [-0.2, -0.15) is 13.2 Å². The summed E-state index contributed by atoms with van der Waals surface area (Å²) in [6, 6.07) is 14.1. The number of alkyl carbamates (subject to hydrolysis) is 1. The molecule has 0 saturated carbocycles. The van der Waals surface area contributed by atoms with Crippen LogP contribution in [0, 0.1) is 0 Å². The predicted molar refractivity (Wildman–Crippen MR) is 102 cm³/mol. The summed E-state index contributed by atoms with van der Waals surface area (Å²) < 4.78 is 43.7. The van der Waals surface area contributed by atoms with Crippen molar-refractivity contribution in [2.45, 2.75) is 32.0 Å². The highest BCUT2D eigenvalue weighted by atomic mass is 19.4. The third kappa shape index (κ3) is 7.14. The Morgan fingerprint density at radius 1 is 0.931 bits per heavy atom. The molecule has 2 rings (SSSR count). The van der Waals surface area contributed by atoms with E-state index in [0.717, 1.165) is 17.7 Å². The van der Waals surface area contributed by atoms with Crippen LogP contribution in [0.5, 0.6) is 0 Å². The van der Waals surface area contributed by atoms with Crippen molar-refractivity contribution in [2.75, 3.05) is 13.1 Å². The van der Waals surface area contributed by atoms with E-state index in [4.69, 9.17) is 4.74 Å². The highest BCUT2D eigenvalue weighted by molar-refractivity contribution is 5.82. The average Bonchev–Trinajstić information content (AvgIpc) is 2.69. The maximum absolute atomic E-state index is 12.9. The van der Waals surface area contributed by atoms with E-state index >= 15 is 0 Å². The fourth-order valence-electron chi connectivity index (χ4n) is 2.53. The fraction of sp³-hybridized carbons (Fsp3) is 0.333. The van der Waals surface area contributed by atoms with Crippen LogP contribution in [0.15, 0.2) is 54.6 Å². The van der Waals surface area contributed by atoms with Crippen LogP contribution in [-0.4, -0.2) is 25.1 Å². The second-order valence-electron chi connectivity index (χ2n) is 7.15. The van der Waals surface area contributed by atoms with Crippen LogP contribution in [0.2, 0.25) is 0 Å². The number of alkyl halides is 3. The Labute approximate surface area is 167 Å². The molecular formula is C21H23F3N2O3. The summed E-state index contributed by atoms with van der Waals surface area (Å²) in [4.78, 5) is 23.6. The first-order valence-electron chi connectivity index (χ1n) is 8.97. The zero-order chi connectivity index (χ0) is 21.5. The van der Waals surface area contributed by atoms with E-state index in [0.29, 0.717) is 5.56 Å². The summed E-state index contributed by atoms with van der Waals surface area (Å²) in [5, 5.41) is 4.95. The number of amides is 2. The van der Waals surface area contributed by atoms with Crippen LogP contribution in [0.4, 0.5) is 18.0 Å². The van der Waals surface area contributed by atoms with Crippen LogP contribution in [0.25, 0.3) is 0 Å². The van der Waals surface area contributed by atoms with Gasteiger partial charge in [0.2, 0.25) is 5.91 Å². The van der Waals surface area contributed by atoms with Crippen molar-refractivity contribution >= 4 is 12.0 Å². The van der Waals surface area contributed by atoms with E-state index in [2.05, 4.69) is 10.6 Å². The molecule has 2 amide bonds. The first-order chi connectivity index (χ1) is 13.6. The number of hydrogen-bond donors (Lipinski definition) is 2. The summed E-state index contributed by atoms with van der Waals surface area (Å²) in [6.07, 6.45) is -5.17. The number of nitrogens with one attached hydrogen (secondary N) is 2. The lowest BCUT2D eigenvalue weighted by Crippen LogP contribution is -2.42. The van der Waals surface area contributed by atoms with Gasteiger partial charge in [-0.3, -0.25) is 4.79 Å². The van der Waals surface area contributed by atoms with Crippen molar-refractivity contribution in [2.24, 2.45) is 0 Å². The van der Waals surface area contributed by atoms with Gasteiger partial charge in [-0.1, -0.05) is 62.4 Å². The fourth-order valence-corrected chi connectivity index (χ4v) is 2.53. The van der Waals surface area contributed by atoms with E-state index in [-0.39, 0.29) is 19.7 Å². The molecule has 0 unspecified atom stereocenters. The number of benzene rings is 2. The molecule has 8 heteroatoms. The molecule has 0 aliphatic heterocycles. The molecule has 0 radical (unpaired) electrons. The standard InChI is InChI=1S/C21H23F3N2O3/c1-20(2,16-9-6-10-17(11-16)21(22,23)24)14-26-18(27)12-25-19(28)29-13-15-7-4-3-5-8-15/h3-11H,12-14H2,1-2H3,(H,25,28)(H,26,27). The Bertz CT molecular complexity index is 837. The first kappa shape index (κ1) is 22.3. The number of carbonyl (C=O) groups is 2. The highest BCUT2D eigenvalue weighted by Crippen LogP contribution is 2.32. The molecule has 0 aliphatic carbocycles. The summed E-state index contributed by atoms with van der Waals surface area (Å²) >= 11 is 0. The van der Waals surface area contributed by atoms with Gasteiger partial charge in [-0.05, 0) is 17.2 Å². The molecule has 0 aliphatic rings. The van der Waals surface area contributed by atoms with Crippen LogP contribution >= 0.6 is 0 Å². The van der Waals surface area contributed by atoms with Gasteiger partial charge in [0.25, 0.3) is 0 Å². The molecule has 0 bridgehead atoms. The van der Waals surface area contributed by atoms with Crippen molar-refractivity contribution in [3.63, 3.8) is 0 Å². The Hall–Kier alpha value is -3.03. The Balaban J connectivity index is 1.79. The Morgan fingerprint density at radius 2 is 1.59 bits per heavy atom. The molecule has 2 aromatic rings. The van der Waals surface area contributed by atoms with Gasteiger partial charge in [0.1, 0.15) is 6.61 Å². The minimum absolute atomic E-state index is 0.0802. The van der Waals surface area contributed by atoms with Crippen LogP contribution in [0.3, 0.4) is 0 Å². The summed E-state index contributed by atoms with van der Waals surface area (Å²) in [7, 11) is 0. The molecular weight excluding hydrogens is 385 g/mol. The van der Waals surface area contributed by atoms with Gasteiger partial charge in [-0.25, -0.2) is 4.79 Å². The maximum Gasteiger partial charge on any atom is 0.416 e. The molecule has 2 aromatic carbocycles. The van der Waals surface area contributed by atoms with Crippen molar-refractivity contribution in [3.05, 3.63) is 71.3 Å². The van der Waals surface area contributed by atoms with E-state index < -0.39 is 29.2 Å². The minimum Gasteiger partial charge on any atom is -0.445 e. The van der Waals surface area contributed by atoms with E-state index in [1.165, 1.54) is 6.07 Å². The summed E-state index contributed by atoms with van der Waals surface area (Å²) in [5.74, 6) is -0.471. The Morgan fingerprint density at radius 3 is 2.24 bits per heavy atom. The number of ether oxygens (including phenoxy) is 1. The largest absolute Gasteiger partial charge is 0.445 e. The first-order valence-corrected chi connectivity index (χ1v) is 8.97. The topological polar surface area (TPSA) is 67.4 Å². The van der Waals surface area contributed by atoms with Gasteiger partial charge in [-0.15, -0.1) is 0 Å². The summed E-state index contributed by atoms with van der Waals surface area (Å²) in [6.45, 7) is 3.34. The normalized spacial score (nSPS) is 11.6. The SMILES string of the molecule is CC(C)(CNC(=O)CNC(=O)OCc1ccccc1)c1cccc(C(F)(F)F)c1. The quantitative estimate of drug-likeness (QED) is 0.727. The minimum atomic E-state index is -4.43. The molecule has 29 heavy (non-hydrogen) atoms. The van der Waals surface area contributed by atoms with Crippen LogP contribution < -0.4 is 10.6 Å². The van der Waals surface area contributed by atoms with Gasteiger partial charge in [0, 0.05) is 12.0 Å². The third-order valence-electron chi connectivity index (χ3n) is 4.30. The maximum atomic E-state index is 12.9. The number of carbonyl (C=O) groups excluding carboxylic acids is 2. The smallest absolute Gasteiger partial charge is 0.416 e. The Kier molecular flexibility index (Phi) is 7.25. The molecule has 0 saturated heterocycles. The predicted octanol–water partition coefficient (Wildman–Crippen LogP) is 4.03. The monoisotopic (exact) mass is 408 g/mol. The van der Waals surface area contributed by atoms with Crippen molar-refractivity contribution in [3.8, 4) is 0 Å². The molecule has 0 atom stereocenters. The third-order valence-corrected chi connectivity index (χ3v) is 4.30. The van der Waals surface area contributed by atoms with E-state index in [9.17, 15) is 22.8 Å². The lowest BCUT2D eigenvalue weighted by atomic mass is 9.83. The molecule has 0 spiro atoms. The van der Waals surface area contributed by atoms with Gasteiger partial charge in [0.15, 0.2) is 0 Å². The molecule has 2 N–H and O–H groups in total. The summed E-state index contributed by atoms with van der Waals surface area (Å²) in [5.41, 5.74) is -0.208. The molecule has 156 valence electrons. The lowest BCUT2D eigenvalue weighted by Gasteiger charge is -2.26. The molecule has 0 fully saturated rings. The number of rotatable bonds is 7. The van der Waals surface area contributed by atoms with Crippen molar-refractivity contribution < 1.29 is 27.5 Å². The van der Waals surface area contributed by atoms with Gasteiger partial charge >= 0.3 is 12.3 Å². The zero-order valence-corrected chi connectivity index (χ0v) is 16.2. The van der Waals surface area contributed by atoms with Crippen molar-refractivity contribution in [1.82, 2.24) is 10.6 Å². The number of hydrogen-bond acceptors (Lipinski definition) is 3. The van der Waals surface area contributed by atoms with Crippen molar-refractivity contribution in [1.29, 1.82) is 0 Å². The molecule has 0 aromatic heterocycles. The van der Waals surface area contributed by atoms with Crippen LogP contribution in [-0.2, 0) is 27.7 Å². The van der Waals surface area contributed by atoms with Gasteiger partial charge in [0.05, 0.1) is 12.1 Å². The van der Waals surface area contributed by atoms with Crippen LogP contribution in [0.1, 0.15) is 30.5 Å². The highest BCUT2D eigenvalue weighted by Gasteiger charge is 2.32. The second-order valence-corrected chi connectivity index (χ2v) is 7.15. The second kappa shape index (κ2) is 9.45. The van der Waals surface area contributed by atoms with E-state index in [1.54, 1.807) is 32.0 Å². The molecule has 0 heterocycles. The zero-order valence-electron chi connectivity index (χ0n) is 16.2. The lowest BCUT2D eigenvalue weighted by molar-refractivity contribution is -0.137. The van der Waals surface area contributed by atoms with E-state index in [1.807, 2.05) is 18.2 Å². The number of halogens is 3. The van der Waals surface area contributed by atoms with Gasteiger partial charge < -0.3 is 15.4 Å².